The van der Waals surface area contributed by atoms with Crippen LogP contribution in [0.5, 0.6) is 0 Å². The van der Waals surface area contributed by atoms with Gasteiger partial charge in [0.25, 0.3) is 5.91 Å². The van der Waals surface area contributed by atoms with Gasteiger partial charge < -0.3 is 10.4 Å². The molecule has 2 heterocycles. The molecule has 0 unspecified atom stereocenters. The molecule has 1 amide bonds. The highest BCUT2D eigenvalue weighted by Gasteiger charge is 2.26. The molecule has 0 bridgehead atoms. The second kappa shape index (κ2) is 6.36. The molecule has 0 radical (unpaired) electrons. The average Bonchev–Trinajstić information content (AvgIpc) is 3.03. The molecule has 0 aliphatic heterocycles. The van der Waals surface area contributed by atoms with Crippen LogP contribution in [0.25, 0.3) is 10.6 Å². The van der Waals surface area contributed by atoms with E-state index >= 15 is 0 Å². The highest BCUT2D eigenvalue weighted by atomic mass is 32.1. The molecule has 2 aromatic heterocycles. The van der Waals surface area contributed by atoms with Crippen molar-refractivity contribution in [1.29, 1.82) is 0 Å². The molecular weight excluding hydrogens is 308 g/mol. The minimum Gasteiger partial charge on any atom is -0.480 e. The fourth-order valence-corrected chi connectivity index (χ4v) is 3.52. The second-order valence-corrected chi connectivity index (χ2v) is 6.76. The van der Waals surface area contributed by atoms with Gasteiger partial charge in [-0.1, -0.05) is 13.8 Å². The van der Waals surface area contributed by atoms with E-state index in [-0.39, 0.29) is 11.8 Å². The summed E-state index contributed by atoms with van der Waals surface area (Å²) in [5, 5.41) is 16.4. The average molecular weight is 324 g/mol. The number of carboxylic acid groups (broad SMARTS) is 1. The molecule has 0 saturated heterocycles. The summed E-state index contributed by atoms with van der Waals surface area (Å²) < 4.78 is 0. The number of carbonyl (C=O) groups is 2. The lowest BCUT2D eigenvalue weighted by Crippen LogP contribution is -2.44. The summed E-state index contributed by atoms with van der Waals surface area (Å²) in [5.41, 5.74) is 1.59. The molecule has 5 nitrogen and oxygen atoms in total. The maximum Gasteiger partial charge on any atom is 0.326 e. The van der Waals surface area contributed by atoms with Gasteiger partial charge in [-0.05, 0) is 24.3 Å². The molecule has 2 N–H and O–H groups in total. The first-order chi connectivity index (χ1) is 9.90. The number of aryl methyl sites for hydroxylation is 1. The number of hydrogen-bond acceptors (Lipinski definition) is 5. The van der Waals surface area contributed by atoms with Crippen LogP contribution in [0.4, 0.5) is 0 Å². The van der Waals surface area contributed by atoms with Crippen LogP contribution in [0.3, 0.4) is 0 Å². The number of thiazole rings is 1. The summed E-state index contributed by atoms with van der Waals surface area (Å²) in [6.45, 7) is 5.27. The molecule has 2 aromatic rings. The Bertz CT molecular complexity index is 647. The Balaban J connectivity index is 2.22. The molecule has 0 spiro atoms. The third kappa shape index (κ3) is 3.48. The standard InChI is InChI=1S/C14H16N2O3S2/c1-7(2)10(14(18)19)16-12(17)11-8(3)15-13(21-11)9-4-5-20-6-9/h4-7,10H,1-3H3,(H,16,17)(H,18,19)/t10-/m0/s1. The van der Waals surface area contributed by atoms with Gasteiger partial charge in [0.2, 0.25) is 0 Å². The quantitative estimate of drug-likeness (QED) is 0.886. The van der Waals surface area contributed by atoms with Crippen LogP contribution >= 0.6 is 22.7 Å². The molecule has 1 atom stereocenters. The number of carbonyl (C=O) groups excluding carboxylic acids is 1. The minimum atomic E-state index is -1.03. The first-order valence-electron chi connectivity index (χ1n) is 6.43. The molecule has 0 aliphatic carbocycles. The number of aromatic nitrogens is 1. The van der Waals surface area contributed by atoms with E-state index in [4.69, 9.17) is 5.11 Å². The van der Waals surface area contributed by atoms with E-state index in [0.717, 1.165) is 10.6 Å². The van der Waals surface area contributed by atoms with Crippen LogP contribution in [0.1, 0.15) is 29.2 Å². The molecule has 0 aromatic carbocycles. The summed E-state index contributed by atoms with van der Waals surface area (Å²) in [6, 6.07) is 1.04. The summed E-state index contributed by atoms with van der Waals surface area (Å²) >= 11 is 2.85. The van der Waals surface area contributed by atoms with E-state index in [1.165, 1.54) is 11.3 Å². The van der Waals surface area contributed by atoms with Crippen LogP contribution in [-0.4, -0.2) is 28.0 Å². The predicted octanol–water partition coefficient (Wildman–Crippen LogP) is 3.02. The number of nitrogens with one attached hydrogen (secondary N) is 1. The van der Waals surface area contributed by atoms with Crippen molar-refractivity contribution < 1.29 is 14.7 Å². The van der Waals surface area contributed by atoms with Gasteiger partial charge in [0.15, 0.2) is 0 Å². The number of rotatable bonds is 5. The Labute approximate surface area is 130 Å². The molecular formula is C14H16N2O3S2. The van der Waals surface area contributed by atoms with Crippen LogP contribution < -0.4 is 5.32 Å². The minimum absolute atomic E-state index is 0.184. The number of thiophene rings is 1. The van der Waals surface area contributed by atoms with E-state index < -0.39 is 12.0 Å². The van der Waals surface area contributed by atoms with Crippen molar-refractivity contribution >= 4 is 34.6 Å². The fourth-order valence-electron chi connectivity index (χ4n) is 1.84. The third-order valence-electron chi connectivity index (χ3n) is 2.99. The maximum absolute atomic E-state index is 12.3. The predicted molar refractivity (Wildman–Crippen MR) is 83.9 cm³/mol. The maximum atomic E-state index is 12.3. The van der Waals surface area contributed by atoms with Crippen LogP contribution in [-0.2, 0) is 4.79 Å². The smallest absolute Gasteiger partial charge is 0.326 e. The Morgan fingerprint density at radius 3 is 2.62 bits per heavy atom. The van der Waals surface area contributed by atoms with E-state index in [1.54, 1.807) is 32.1 Å². The SMILES string of the molecule is Cc1nc(-c2ccsc2)sc1C(=O)N[C@H](C(=O)O)C(C)C. The number of carboxylic acids is 1. The Kier molecular flexibility index (Phi) is 4.74. The lowest BCUT2D eigenvalue weighted by atomic mass is 10.0. The largest absolute Gasteiger partial charge is 0.480 e. The second-order valence-electron chi connectivity index (χ2n) is 4.98. The van der Waals surface area contributed by atoms with E-state index in [1.807, 2.05) is 16.8 Å². The van der Waals surface area contributed by atoms with Gasteiger partial charge in [-0.15, -0.1) is 11.3 Å². The van der Waals surface area contributed by atoms with Crippen molar-refractivity contribution in [3.63, 3.8) is 0 Å². The van der Waals surface area contributed by atoms with Crippen molar-refractivity contribution in [2.75, 3.05) is 0 Å². The zero-order chi connectivity index (χ0) is 15.6. The van der Waals surface area contributed by atoms with Crippen LogP contribution in [0.2, 0.25) is 0 Å². The molecule has 0 aliphatic rings. The first-order valence-corrected chi connectivity index (χ1v) is 8.19. The number of aliphatic carboxylic acids is 1. The summed E-state index contributed by atoms with van der Waals surface area (Å²) in [6.07, 6.45) is 0. The lowest BCUT2D eigenvalue weighted by molar-refractivity contribution is -0.140. The molecule has 2 rings (SSSR count). The zero-order valence-electron chi connectivity index (χ0n) is 11.9. The lowest BCUT2D eigenvalue weighted by Gasteiger charge is -2.17. The van der Waals surface area contributed by atoms with Gasteiger partial charge >= 0.3 is 5.97 Å². The topological polar surface area (TPSA) is 79.3 Å². The summed E-state index contributed by atoms with van der Waals surface area (Å²) in [4.78, 5) is 28.3. The van der Waals surface area contributed by atoms with Crippen LogP contribution in [0, 0.1) is 12.8 Å². The van der Waals surface area contributed by atoms with Gasteiger partial charge in [-0.25, -0.2) is 9.78 Å². The monoisotopic (exact) mass is 324 g/mol. The molecule has 0 fully saturated rings. The van der Waals surface area contributed by atoms with Crippen molar-refractivity contribution in [3.05, 3.63) is 27.4 Å². The molecule has 112 valence electrons. The van der Waals surface area contributed by atoms with E-state index in [9.17, 15) is 9.59 Å². The third-order valence-corrected chi connectivity index (χ3v) is 4.88. The van der Waals surface area contributed by atoms with Crippen molar-refractivity contribution in [2.45, 2.75) is 26.8 Å². The van der Waals surface area contributed by atoms with Crippen molar-refractivity contribution in [3.8, 4) is 10.6 Å². The van der Waals surface area contributed by atoms with Crippen molar-refractivity contribution in [1.82, 2.24) is 10.3 Å². The van der Waals surface area contributed by atoms with Crippen LogP contribution in [0.15, 0.2) is 16.8 Å². The summed E-state index contributed by atoms with van der Waals surface area (Å²) in [7, 11) is 0. The normalized spacial score (nSPS) is 12.4. The number of nitrogens with zero attached hydrogens (tertiary/aromatic N) is 1. The van der Waals surface area contributed by atoms with Gasteiger partial charge in [0, 0.05) is 10.9 Å². The number of amides is 1. The van der Waals surface area contributed by atoms with Gasteiger partial charge in [-0.2, -0.15) is 11.3 Å². The first kappa shape index (κ1) is 15.7. The Morgan fingerprint density at radius 2 is 2.10 bits per heavy atom. The highest BCUT2D eigenvalue weighted by molar-refractivity contribution is 7.17. The molecule has 7 heteroatoms. The van der Waals surface area contributed by atoms with Gasteiger partial charge in [-0.3, -0.25) is 4.79 Å². The molecule has 0 saturated carbocycles. The zero-order valence-corrected chi connectivity index (χ0v) is 13.5. The molecule has 21 heavy (non-hydrogen) atoms. The van der Waals surface area contributed by atoms with Gasteiger partial charge in [0.05, 0.1) is 5.69 Å². The van der Waals surface area contributed by atoms with Gasteiger partial charge in [0.1, 0.15) is 15.9 Å². The van der Waals surface area contributed by atoms with E-state index in [0.29, 0.717) is 10.6 Å². The Morgan fingerprint density at radius 1 is 1.38 bits per heavy atom. The number of hydrogen-bond donors (Lipinski definition) is 2. The Hall–Kier alpha value is -1.73. The highest BCUT2D eigenvalue weighted by Crippen LogP contribution is 2.29. The van der Waals surface area contributed by atoms with E-state index in [2.05, 4.69) is 10.3 Å². The van der Waals surface area contributed by atoms with Crippen molar-refractivity contribution in [2.24, 2.45) is 5.92 Å². The summed E-state index contributed by atoms with van der Waals surface area (Å²) in [5.74, 6) is -1.60. The fraction of sp³-hybridized carbons (Fsp3) is 0.357.